The molecule has 3 rings (SSSR count). The number of esters is 1. The first-order valence-corrected chi connectivity index (χ1v) is 9.90. The Hall–Kier alpha value is -3.22. The average molecular weight is 413 g/mol. The predicted octanol–water partition coefficient (Wildman–Crippen LogP) is 3.21. The molecule has 0 aliphatic heterocycles. The molecule has 30 heavy (non-hydrogen) atoms. The minimum Gasteiger partial charge on any atom is -0.497 e. The Morgan fingerprint density at radius 3 is 2.00 bits per heavy atom. The third-order valence-corrected chi connectivity index (χ3v) is 4.86. The Balaban J connectivity index is 1.50. The van der Waals surface area contributed by atoms with Gasteiger partial charge in [-0.05, 0) is 61.7 Å². The highest BCUT2D eigenvalue weighted by molar-refractivity contribution is 5.82. The van der Waals surface area contributed by atoms with Gasteiger partial charge < -0.3 is 23.8 Å². The summed E-state index contributed by atoms with van der Waals surface area (Å²) in [5.41, 5.74) is 0.999. The molecule has 0 saturated heterocycles. The Kier molecular flexibility index (Phi) is 7.17. The molecule has 160 valence electrons. The van der Waals surface area contributed by atoms with Crippen molar-refractivity contribution >= 4 is 11.9 Å². The first-order valence-electron chi connectivity index (χ1n) is 9.90. The van der Waals surface area contributed by atoms with Gasteiger partial charge in [0.2, 0.25) is 0 Å². The Morgan fingerprint density at radius 1 is 0.933 bits per heavy atom. The van der Waals surface area contributed by atoms with E-state index in [-0.39, 0.29) is 18.6 Å². The van der Waals surface area contributed by atoms with Crippen molar-refractivity contribution in [3.8, 4) is 17.2 Å². The lowest BCUT2D eigenvalue weighted by atomic mass is 10.2. The Labute approximate surface area is 176 Å². The molecule has 1 amide bonds. The van der Waals surface area contributed by atoms with Crippen molar-refractivity contribution in [2.45, 2.75) is 38.5 Å². The third kappa shape index (κ3) is 5.89. The van der Waals surface area contributed by atoms with E-state index >= 15 is 0 Å². The Morgan fingerprint density at radius 2 is 1.47 bits per heavy atom. The van der Waals surface area contributed by atoms with Crippen molar-refractivity contribution in [3.63, 3.8) is 0 Å². The fraction of sp³-hybridized carbons (Fsp3) is 0.391. The first-order chi connectivity index (χ1) is 14.5. The van der Waals surface area contributed by atoms with Crippen LogP contribution in [-0.2, 0) is 20.9 Å². The maximum Gasteiger partial charge on any atom is 0.347 e. The van der Waals surface area contributed by atoms with Crippen LogP contribution in [0, 0.1) is 0 Å². The second-order valence-corrected chi connectivity index (χ2v) is 7.14. The topological polar surface area (TPSA) is 74.3 Å². The second-order valence-electron chi connectivity index (χ2n) is 7.14. The zero-order chi connectivity index (χ0) is 21.5. The van der Waals surface area contributed by atoms with Gasteiger partial charge in [-0.2, -0.15) is 0 Å². The van der Waals surface area contributed by atoms with Crippen molar-refractivity contribution in [2.24, 2.45) is 0 Å². The van der Waals surface area contributed by atoms with Gasteiger partial charge in [0.15, 0.2) is 12.7 Å². The van der Waals surface area contributed by atoms with Crippen LogP contribution in [0.25, 0.3) is 0 Å². The molecule has 0 spiro atoms. The zero-order valence-electron chi connectivity index (χ0n) is 17.5. The summed E-state index contributed by atoms with van der Waals surface area (Å²) >= 11 is 0. The third-order valence-electron chi connectivity index (χ3n) is 4.86. The van der Waals surface area contributed by atoms with E-state index in [2.05, 4.69) is 0 Å². The number of carbonyl (C=O) groups is 2. The van der Waals surface area contributed by atoms with Crippen LogP contribution in [-0.4, -0.2) is 49.7 Å². The summed E-state index contributed by atoms with van der Waals surface area (Å²) in [7, 11) is 3.19. The summed E-state index contributed by atoms with van der Waals surface area (Å²) in [5.74, 6) is 1.19. The SMILES string of the molecule is COc1ccc(CN(C(=O)COC(=O)C(C)Oc2ccc(OC)cc2)C2CC2)cc1. The van der Waals surface area contributed by atoms with Crippen molar-refractivity contribution in [3.05, 3.63) is 54.1 Å². The van der Waals surface area contributed by atoms with Gasteiger partial charge in [0.25, 0.3) is 5.91 Å². The molecule has 7 nitrogen and oxygen atoms in total. The molecule has 1 fully saturated rings. The van der Waals surface area contributed by atoms with Crippen molar-refractivity contribution in [2.75, 3.05) is 20.8 Å². The monoisotopic (exact) mass is 413 g/mol. The van der Waals surface area contributed by atoms with E-state index in [9.17, 15) is 9.59 Å². The van der Waals surface area contributed by atoms with E-state index in [1.165, 1.54) is 0 Å². The smallest absolute Gasteiger partial charge is 0.347 e. The maximum absolute atomic E-state index is 12.7. The molecular weight excluding hydrogens is 386 g/mol. The van der Waals surface area contributed by atoms with Crippen LogP contribution in [0.15, 0.2) is 48.5 Å². The molecule has 0 aromatic heterocycles. The average Bonchev–Trinajstić information content (AvgIpc) is 3.61. The van der Waals surface area contributed by atoms with Crippen LogP contribution in [0.3, 0.4) is 0 Å². The molecular formula is C23H27NO6. The van der Waals surface area contributed by atoms with E-state index in [4.69, 9.17) is 18.9 Å². The first kappa shape index (κ1) is 21.5. The van der Waals surface area contributed by atoms with E-state index in [1.54, 1.807) is 50.3 Å². The summed E-state index contributed by atoms with van der Waals surface area (Å²) in [6, 6.07) is 14.7. The summed E-state index contributed by atoms with van der Waals surface area (Å²) in [6.45, 7) is 1.76. The molecule has 0 N–H and O–H groups in total. The highest BCUT2D eigenvalue weighted by atomic mass is 16.6. The van der Waals surface area contributed by atoms with Gasteiger partial charge >= 0.3 is 5.97 Å². The second kappa shape index (κ2) is 10.0. The fourth-order valence-electron chi connectivity index (χ4n) is 2.97. The summed E-state index contributed by atoms with van der Waals surface area (Å²) in [5, 5.41) is 0. The summed E-state index contributed by atoms with van der Waals surface area (Å²) < 4.78 is 21.1. The van der Waals surface area contributed by atoms with Gasteiger partial charge in [0.05, 0.1) is 14.2 Å². The summed E-state index contributed by atoms with van der Waals surface area (Å²) in [6.07, 6.45) is 1.10. The number of benzene rings is 2. The normalized spacial score (nSPS) is 13.8. The molecule has 1 aliphatic carbocycles. The van der Waals surface area contributed by atoms with Crippen molar-refractivity contribution < 1.29 is 28.5 Å². The van der Waals surface area contributed by atoms with Gasteiger partial charge in [-0.3, -0.25) is 4.79 Å². The van der Waals surface area contributed by atoms with E-state index < -0.39 is 12.1 Å². The predicted molar refractivity (Wildman–Crippen MR) is 111 cm³/mol. The molecule has 2 aromatic rings. The van der Waals surface area contributed by atoms with E-state index in [1.807, 2.05) is 24.3 Å². The maximum atomic E-state index is 12.7. The van der Waals surface area contributed by atoms with Crippen LogP contribution < -0.4 is 14.2 Å². The van der Waals surface area contributed by atoms with Crippen molar-refractivity contribution in [1.82, 2.24) is 4.90 Å². The molecule has 1 saturated carbocycles. The molecule has 7 heteroatoms. The lowest BCUT2D eigenvalue weighted by Gasteiger charge is -2.23. The minimum atomic E-state index is -0.831. The van der Waals surface area contributed by atoms with Crippen molar-refractivity contribution in [1.29, 1.82) is 0 Å². The van der Waals surface area contributed by atoms with E-state index in [0.29, 0.717) is 18.0 Å². The highest BCUT2D eigenvalue weighted by Crippen LogP contribution is 2.29. The number of ether oxygens (including phenoxy) is 4. The van der Waals surface area contributed by atoms with Crippen LogP contribution in [0.2, 0.25) is 0 Å². The van der Waals surface area contributed by atoms with Gasteiger partial charge in [-0.15, -0.1) is 0 Å². The highest BCUT2D eigenvalue weighted by Gasteiger charge is 2.33. The van der Waals surface area contributed by atoms with Crippen LogP contribution in [0.1, 0.15) is 25.3 Å². The lowest BCUT2D eigenvalue weighted by Crippen LogP contribution is -2.37. The Bertz CT molecular complexity index is 845. The molecule has 0 bridgehead atoms. The largest absolute Gasteiger partial charge is 0.497 e. The van der Waals surface area contributed by atoms with Crippen LogP contribution >= 0.6 is 0 Å². The van der Waals surface area contributed by atoms with Gasteiger partial charge in [-0.1, -0.05) is 12.1 Å². The molecule has 1 unspecified atom stereocenters. The number of nitrogens with zero attached hydrogens (tertiary/aromatic N) is 1. The number of amides is 1. The fourth-order valence-corrected chi connectivity index (χ4v) is 2.97. The summed E-state index contributed by atoms with van der Waals surface area (Å²) in [4.78, 5) is 26.7. The van der Waals surface area contributed by atoms with E-state index in [0.717, 1.165) is 24.2 Å². The molecule has 1 aliphatic rings. The molecule has 1 atom stereocenters. The van der Waals surface area contributed by atoms with Gasteiger partial charge in [-0.25, -0.2) is 4.79 Å². The minimum absolute atomic E-state index is 0.200. The molecule has 2 aromatic carbocycles. The number of rotatable bonds is 10. The number of carbonyl (C=O) groups excluding carboxylic acids is 2. The van der Waals surface area contributed by atoms with Gasteiger partial charge in [0, 0.05) is 12.6 Å². The quantitative estimate of drug-likeness (QED) is 0.557. The zero-order valence-corrected chi connectivity index (χ0v) is 17.5. The van der Waals surface area contributed by atoms with Crippen LogP contribution in [0.4, 0.5) is 0 Å². The lowest BCUT2D eigenvalue weighted by molar-refractivity contribution is -0.157. The number of hydrogen-bond donors (Lipinski definition) is 0. The molecule has 0 heterocycles. The standard InChI is InChI=1S/C23H27NO6/c1-16(30-21-12-10-20(28-3)11-13-21)23(26)29-15-22(25)24(18-6-7-18)14-17-4-8-19(27-2)9-5-17/h4-5,8-13,16,18H,6-7,14-15H2,1-3H3. The number of hydrogen-bond acceptors (Lipinski definition) is 6. The van der Waals surface area contributed by atoms with Gasteiger partial charge in [0.1, 0.15) is 17.2 Å². The van der Waals surface area contributed by atoms with Crippen LogP contribution in [0.5, 0.6) is 17.2 Å². The molecule has 0 radical (unpaired) electrons. The number of methoxy groups -OCH3 is 2.